The largest absolute Gasteiger partial charge is 0.477 e. The number of hydrogen-bond acceptors (Lipinski definition) is 4. The molecule has 0 aliphatic rings. The zero-order chi connectivity index (χ0) is 13.1. The van der Waals surface area contributed by atoms with Crippen molar-refractivity contribution >= 4 is 23.5 Å². The van der Waals surface area contributed by atoms with E-state index >= 15 is 0 Å². The Bertz CT molecular complexity index is 590. The van der Waals surface area contributed by atoms with Crippen molar-refractivity contribution in [2.75, 3.05) is 6.26 Å². The number of carboxylic acid groups (broad SMARTS) is 1. The van der Waals surface area contributed by atoms with Crippen LogP contribution in [0.15, 0.2) is 35.5 Å². The molecule has 2 aromatic rings. The Hall–Kier alpha value is -2.08. The highest BCUT2D eigenvalue weighted by molar-refractivity contribution is 7.98. The van der Waals surface area contributed by atoms with Crippen LogP contribution in [0.4, 0.5) is 0 Å². The number of aromatic carboxylic acids is 1. The monoisotopic (exact) mass is 262 g/mol. The summed E-state index contributed by atoms with van der Waals surface area (Å²) in [7, 11) is 0. The Labute approximate surface area is 107 Å². The molecular weight excluding hydrogens is 252 g/mol. The smallest absolute Gasteiger partial charge is 0.354 e. The molecule has 5 nitrogen and oxygen atoms in total. The number of hydrogen-bond donors (Lipinski definition) is 2. The molecule has 6 heteroatoms. The summed E-state index contributed by atoms with van der Waals surface area (Å²) < 4.78 is 0. The molecule has 18 heavy (non-hydrogen) atoms. The normalized spacial score (nSPS) is 10.3. The first-order valence-corrected chi connectivity index (χ1v) is 6.31. The molecule has 0 unspecified atom stereocenters. The van der Waals surface area contributed by atoms with Gasteiger partial charge in [0.25, 0.3) is 0 Å². The average Bonchev–Trinajstić information content (AvgIpc) is 2.87. The SMILES string of the molecule is CSc1ccc(C(=O)c2nc[nH]c2C(=O)O)cc1. The average molecular weight is 262 g/mol. The Morgan fingerprint density at radius 1 is 1.28 bits per heavy atom. The van der Waals surface area contributed by atoms with E-state index in [1.165, 1.54) is 6.33 Å². The van der Waals surface area contributed by atoms with Crippen molar-refractivity contribution in [3.8, 4) is 0 Å². The maximum atomic E-state index is 12.1. The van der Waals surface area contributed by atoms with Crippen molar-refractivity contribution in [3.63, 3.8) is 0 Å². The lowest BCUT2D eigenvalue weighted by molar-refractivity contribution is 0.0687. The standard InChI is InChI=1S/C12H10N2O3S/c1-18-8-4-2-7(3-5-8)11(15)9-10(12(16)17)14-6-13-9/h2-6H,1H3,(H,13,14)(H,16,17). The molecule has 0 fully saturated rings. The third-order valence-corrected chi connectivity index (χ3v) is 3.16. The first-order valence-electron chi connectivity index (χ1n) is 5.09. The first-order chi connectivity index (χ1) is 8.63. The molecule has 0 saturated heterocycles. The molecule has 0 spiro atoms. The zero-order valence-corrected chi connectivity index (χ0v) is 10.3. The van der Waals surface area contributed by atoms with Gasteiger partial charge in [0.1, 0.15) is 5.69 Å². The van der Waals surface area contributed by atoms with E-state index in [1.807, 2.05) is 18.4 Å². The van der Waals surface area contributed by atoms with E-state index in [1.54, 1.807) is 23.9 Å². The molecule has 0 radical (unpaired) electrons. The van der Waals surface area contributed by atoms with Crippen LogP contribution in [-0.4, -0.2) is 33.1 Å². The van der Waals surface area contributed by atoms with Crippen LogP contribution in [0.2, 0.25) is 0 Å². The van der Waals surface area contributed by atoms with Crippen LogP contribution >= 0.6 is 11.8 Å². The van der Waals surface area contributed by atoms with Gasteiger partial charge < -0.3 is 10.1 Å². The predicted octanol–water partition coefficient (Wildman–Crippen LogP) is 2.06. The van der Waals surface area contributed by atoms with Gasteiger partial charge >= 0.3 is 5.97 Å². The number of thioether (sulfide) groups is 1. The fourth-order valence-corrected chi connectivity index (χ4v) is 1.92. The molecule has 2 rings (SSSR count). The van der Waals surface area contributed by atoms with Crippen molar-refractivity contribution in [2.45, 2.75) is 4.90 Å². The molecule has 92 valence electrons. The topological polar surface area (TPSA) is 83.0 Å². The van der Waals surface area contributed by atoms with Gasteiger partial charge in [-0.15, -0.1) is 11.8 Å². The lowest BCUT2D eigenvalue weighted by atomic mass is 10.1. The number of benzene rings is 1. The third kappa shape index (κ3) is 2.28. The first kappa shape index (κ1) is 12.4. The number of carbonyl (C=O) groups is 2. The second kappa shape index (κ2) is 5.05. The van der Waals surface area contributed by atoms with Gasteiger partial charge in [0.2, 0.25) is 5.78 Å². The highest BCUT2D eigenvalue weighted by Crippen LogP contribution is 2.17. The van der Waals surface area contributed by atoms with E-state index < -0.39 is 11.8 Å². The highest BCUT2D eigenvalue weighted by Gasteiger charge is 2.20. The van der Waals surface area contributed by atoms with Crippen molar-refractivity contribution in [1.29, 1.82) is 0 Å². The molecule has 1 heterocycles. The molecule has 0 atom stereocenters. The van der Waals surface area contributed by atoms with Crippen LogP contribution < -0.4 is 0 Å². The van der Waals surface area contributed by atoms with Gasteiger partial charge in [0.05, 0.1) is 6.33 Å². The number of H-pyrrole nitrogens is 1. The summed E-state index contributed by atoms with van der Waals surface area (Å²) in [4.78, 5) is 30.2. The van der Waals surface area contributed by atoms with Crippen LogP contribution in [-0.2, 0) is 0 Å². The van der Waals surface area contributed by atoms with Crippen LogP contribution in [0.1, 0.15) is 26.5 Å². The van der Waals surface area contributed by atoms with E-state index in [0.717, 1.165) is 4.90 Å². The highest BCUT2D eigenvalue weighted by atomic mass is 32.2. The molecule has 0 amide bonds. The number of nitrogens with one attached hydrogen (secondary N) is 1. The number of carboxylic acids is 1. The quantitative estimate of drug-likeness (QED) is 0.651. The van der Waals surface area contributed by atoms with Crippen molar-refractivity contribution in [3.05, 3.63) is 47.5 Å². The summed E-state index contributed by atoms with van der Waals surface area (Å²) in [5, 5.41) is 8.91. The predicted molar refractivity (Wildman–Crippen MR) is 67.2 cm³/mol. The fourth-order valence-electron chi connectivity index (χ4n) is 1.51. The van der Waals surface area contributed by atoms with Gasteiger partial charge in [-0.1, -0.05) is 0 Å². The Kier molecular flexibility index (Phi) is 3.47. The summed E-state index contributed by atoms with van der Waals surface area (Å²) in [5.74, 6) is -1.60. The van der Waals surface area contributed by atoms with Crippen LogP contribution in [0.25, 0.3) is 0 Å². The maximum absolute atomic E-state index is 12.1. The number of carbonyl (C=O) groups excluding carboxylic acids is 1. The minimum absolute atomic E-state index is 0.0700. The summed E-state index contributed by atoms with van der Waals surface area (Å²) in [6.07, 6.45) is 3.14. The number of aromatic nitrogens is 2. The summed E-state index contributed by atoms with van der Waals surface area (Å²) in [6, 6.07) is 6.94. The second-order valence-corrected chi connectivity index (χ2v) is 4.37. The lowest BCUT2D eigenvalue weighted by Crippen LogP contribution is -2.09. The van der Waals surface area contributed by atoms with Crippen molar-refractivity contribution in [1.82, 2.24) is 9.97 Å². The summed E-state index contributed by atoms with van der Waals surface area (Å²) in [5.41, 5.74) is 0.163. The molecule has 1 aromatic heterocycles. The number of ketones is 1. The molecule has 2 N–H and O–H groups in total. The number of nitrogens with zero attached hydrogens (tertiary/aromatic N) is 1. The number of aromatic amines is 1. The minimum atomic E-state index is -1.20. The van der Waals surface area contributed by atoms with E-state index in [0.29, 0.717) is 5.56 Å². The minimum Gasteiger partial charge on any atom is -0.477 e. The lowest BCUT2D eigenvalue weighted by Gasteiger charge is -2.01. The van der Waals surface area contributed by atoms with Crippen molar-refractivity contribution in [2.24, 2.45) is 0 Å². The van der Waals surface area contributed by atoms with E-state index in [4.69, 9.17) is 5.11 Å². The third-order valence-electron chi connectivity index (χ3n) is 2.42. The molecule has 0 saturated carbocycles. The van der Waals surface area contributed by atoms with Gasteiger partial charge in [0.15, 0.2) is 5.69 Å². The maximum Gasteiger partial charge on any atom is 0.354 e. The van der Waals surface area contributed by atoms with Crippen LogP contribution in [0.5, 0.6) is 0 Å². The van der Waals surface area contributed by atoms with E-state index in [2.05, 4.69) is 9.97 Å². The second-order valence-electron chi connectivity index (χ2n) is 3.49. The van der Waals surface area contributed by atoms with Gasteiger partial charge in [0, 0.05) is 10.5 Å². The van der Waals surface area contributed by atoms with Gasteiger partial charge in [-0.3, -0.25) is 4.79 Å². The molecule has 0 aliphatic heterocycles. The van der Waals surface area contributed by atoms with E-state index in [9.17, 15) is 9.59 Å². The number of imidazole rings is 1. The Morgan fingerprint density at radius 2 is 1.94 bits per heavy atom. The molecule has 0 aliphatic carbocycles. The van der Waals surface area contributed by atoms with Gasteiger partial charge in [-0.25, -0.2) is 9.78 Å². The molecular formula is C12H10N2O3S. The molecule has 0 bridgehead atoms. The van der Waals surface area contributed by atoms with Gasteiger partial charge in [-0.05, 0) is 30.5 Å². The Balaban J connectivity index is 2.35. The summed E-state index contributed by atoms with van der Waals surface area (Å²) >= 11 is 1.57. The van der Waals surface area contributed by atoms with Crippen LogP contribution in [0, 0.1) is 0 Å². The fraction of sp³-hybridized carbons (Fsp3) is 0.0833. The zero-order valence-electron chi connectivity index (χ0n) is 9.51. The van der Waals surface area contributed by atoms with Crippen LogP contribution in [0.3, 0.4) is 0 Å². The van der Waals surface area contributed by atoms with E-state index in [-0.39, 0.29) is 11.4 Å². The number of rotatable bonds is 4. The molecule has 1 aromatic carbocycles. The summed E-state index contributed by atoms with van der Waals surface area (Å²) in [6.45, 7) is 0. The van der Waals surface area contributed by atoms with Gasteiger partial charge in [-0.2, -0.15) is 0 Å². The Morgan fingerprint density at radius 3 is 2.50 bits per heavy atom. The van der Waals surface area contributed by atoms with Crippen molar-refractivity contribution < 1.29 is 14.7 Å².